The molecule has 9 heteroatoms. The number of anilines is 2. The third kappa shape index (κ3) is 4.57. The number of nitrogens with zero attached hydrogens (tertiary/aromatic N) is 4. The average Bonchev–Trinajstić information content (AvgIpc) is 3.04. The molecule has 23 heavy (non-hydrogen) atoms. The Hall–Kier alpha value is -2.32. The van der Waals surface area contributed by atoms with E-state index in [1.54, 1.807) is 6.07 Å². The van der Waals surface area contributed by atoms with Crippen molar-refractivity contribution >= 4 is 35.0 Å². The molecule has 0 saturated heterocycles. The Morgan fingerprint density at radius 1 is 1.22 bits per heavy atom. The van der Waals surface area contributed by atoms with E-state index < -0.39 is 0 Å². The molecule has 1 aromatic carbocycles. The Kier molecular flexibility index (Phi) is 4.94. The van der Waals surface area contributed by atoms with Crippen LogP contribution in [0.15, 0.2) is 46.3 Å². The molecule has 0 saturated carbocycles. The maximum absolute atomic E-state index is 5.95. The molecule has 3 rings (SSSR count). The Morgan fingerprint density at radius 2 is 2.13 bits per heavy atom. The van der Waals surface area contributed by atoms with Gasteiger partial charge in [0.1, 0.15) is 6.26 Å². The zero-order valence-electron chi connectivity index (χ0n) is 11.9. The van der Waals surface area contributed by atoms with Gasteiger partial charge in [0.05, 0.1) is 12.2 Å². The summed E-state index contributed by atoms with van der Waals surface area (Å²) in [5, 5.41) is 8.24. The second-order valence-corrected chi connectivity index (χ2v) is 5.91. The number of nitrogens with two attached hydrogens (primary N) is 1. The number of nitrogen functional groups attached to an aromatic ring is 1. The number of aromatic nitrogens is 4. The summed E-state index contributed by atoms with van der Waals surface area (Å²) < 4.78 is 4.79. The molecule has 0 aliphatic rings. The van der Waals surface area contributed by atoms with Crippen LogP contribution in [0.2, 0.25) is 5.02 Å². The lowest BCUT2D eigenvalue weighted by Crippen LogP contribution is -2.09. The van der Waals surface area contributed by atoms with E-state index in [1.807, 2.05) is 24.3 Å². The molecule has 0 atom stereocenters. The summed E-state index contributed by atoms with van der Waals surface area (Å²) in [6.07, 6.45) is 1.53. The second-order valence-electron chi connectivity index (χ2n) is 4.54. The Balaban J connectivity index is 1.65. The zero-order valence-corrected chi connectivity index (χ0v) is 13.5. The lowest BCUT2D eigenvalue weighted by atomic mass is 10.3. The first-order valence-corrected chi connectivity index (χ1v) is 8.07. The van der Waals surface area contributed by atoms with Gasteiger partial charge in [0.15, 0.2) is 11.0 Å². The fourth-order valence-corrected chi connectivity index (χ4v) is 2.73. The van der Waals surface area contributed by atoms with Crippen molar-refractivity contribution in [2.24, 2.45) is 0 Å². The molecule has 118 valence electrons. The van der Waals surface area contributed by atoms with Crippen LogP contribution < -0.4 is 11.1 Å². The molecule has 0 amide bonds. The van der Waals surface area contributed by atoms with E-state index in [2.05, 4.69) is 25.4 Å². The highest BCUT2D eigenvalue weighted by Crippen LogP contribution is 2.19. The molecular weight excluding hydrogens is 336 g/mol. The minimum Gasteiger partial charge on any atom is -0.378 e. The van der Waals surface area contributed by atoms with Crippen molar-refractivity contribution < 1.29 is 4.52 Å². The highest BCUT2D eigenvalue weighted by atomic mass is 35.5. The van der Waals surface area contributed by atoms with Gasteiger partial charge in [0.2, 0.25) is 5.95 Å². The van der Waals surface area contributed by atoms with E-state index in [-0.39, 0.29) is 5.95 Å². The van der Waals surface area contributed by atoms with Crippen molar-refractivity contribution in [1.82, 2.24) is 20.1 Å². The standard InChI is InChI=1S/C14H13ClN6OS/c15-9-2-1-3-10(6-9)17-7-12-18-13(16)20-14(19-12)23-8-11-4-5-22-21-11/h1-6,17H,7-8H2,(H2,16,18,19,20). The molecular formula is C14H13ClN6OS. The third-order valence-electron chi connectivity index (χ3n) is 2.79. The van der Waals surface area contributed by atoms with Gasteiger partial charge in [-0.15, -0.1) is 0 Å². The van der Waals surface area contributed by atoms with Gasteiger partial charge < -0.3 is 15.6 Å². The average molecular weight is 349 g/mol. The highest BCUT2D eigenvalue weighted by Gasteiger charge is 2.07. The molecule has 3 N–H and O–H groups in total. The predicted octanol–water partition coefficient (Wildman–Crippen LogP) is 3.00. The topological polar surface area (TPSA) is 103 Å². The van der Waals surface area contributed by atoms with Crippen molar-refractivity contribution in [3.8, 4) is 0 Å². The quantitative estimate of drug-likeness (QED) is 0.655. The number of hydrogen-bond donors (Lipinski definition) is 2. The lowest BCUT2D eigenvalue weighted by Gasteiger charge is -2.07. The molecule has 0 aliphatic heterocycles. The molecule has 0 radical (unpaired) electrons. The number of benzene rings is 1. The van der Waals surface area contributed by atoms with E-state index in [1.165, 1.54) is 18.0 Å². The van der Waals surface area contributed by atoms with Gasteiger partial charge >= 0.3 is 0 Å². The summed E-state index contributed by atoms with van der Waals surface area (Å²) in [7, 11) is 0. The Bertz CT molecular complexity index is 783. The fraction of sp³-hybridized carbons (Fsp3) is 0.143. The molecule has 0 unspecified atom stereocenters. The molecule has 3 aromatic rings. The number of halogens is 1. The monoisotopic (exact) mass is 348 g/mol. The summed E-state index contributed by atoms with van der Waals surface area (Å²) in [6.45, 7) is 0.421. The SMILES string of the molecule is Nc1nc(CNc2cccc(Cl)c2)nc(SCc2ccon2)n1. The molecule has 0 spiro atoms. The van der Waals surface area contributed by atoms with E-state index in [9.17, 15) is 0 Å². The smallest absolute Gasteiger partial charge is 0.224 e. The first kappa shape index (κ1) is 15.6. The van der Waals surface area contributed by atoms with Crippen LogP contribution in [0.25, 0.3) is 0 Å². The van der Waals surface area contributed by atoms with Gasteiger partial charge in [0.25, 0.3) is 0 Å². The summed E-state index contributed by atoms with van der Waals surface area (Å²) in [6, 6.07) is 9.21. The second kappa shape index (κ2) is 7.30. The van der Waals surface area contributed by atoms with Crippen molar-refractivity contribution in [1.29, 1.82) is 0 Å². The lowest BCUT2D eigenvalue weighted by molar-refractivity contribution is 0.414. The van der Waals surface area contributed by atoms with Crippen LogP contribution >= 0.6 is 23.4 Å². The van der Waals surface area contributed by atoms with E-state index in [0.29, 0.717) is 28.3 Å². The van der Waals surface area contributed by atoms with Crippen LogP contribution in [0.4, 0.5) is 11.6 Å². The first-order valence-electron chi connectivity index (χ1n) is 6.71. The molecule has 2 heterocycles. The summed E-state index contributed by atoms with van der Waals surface area (Å²) in [5.74, 6) is 1.34. The zero-order chi connectivity index (χ0) is 16.1. The van der Waals surface area contributed by atoms with E-state index in [4.69, 9.17) is 21.9 Å². The first-order chi connectivity index (χ1) is 11.2. The molecule has 7 nitrogen and oxygen atoms in total. The van der Waals surface area contributed by atoms with Crippen LogP contribution in [-0.2, 0) is 12.3 Å². The van der Waals surface area contributed by atoms with Crippen molar-refractivity contribution in [2.45, 2.75) is 17.5 Å². The molecule has 2 aromatic heterocycles. The Morgan fingerprint density at radius 3 is 2.91 bits per heavy atom. The van der Waals surface area contributed by atoms with Crippen LogP contribution in [0.1, 0.15) is 11.5 Å². The maximum Gasteiger partial charge on any atom is 0.224 e. The van der Waals surface area contributed by atoms with Crippen LogP contribution in [0.3, 0.4) is 0 Å². The molecule has 0 bridgehead atoms. The summed E-state index contributed by atoms with van der Waals surface area (Å²) in [5.41, 5.74) is 7.44. The van der Waals surface area contributed by atoms with Crippen LogP contribution in [0, 0.1) is 0 Å². The van der Waals surface area contributed by atoms with Gasteiger partial charge in [-0.25, -0.2) is 4.98 Å². The van der Waals surface area contributed by atoms with Gasteiger partial charge in [-0.05, 0) is 18.2 Å². The molecule has 0 aliphatic carbocycles. The number of nitrogens with one attached hydrogen (secondary N) is 1. The van der Waals surface area contributed by atoms with Gasteiger partial charge in [-0.2, -0.15) is 9.97 Å². The normalized spacial score (nSPS) is 10.7. The summed E-state index contributed by atoms with van der Waals surface area (Å²) in [4.78, 5) is 12.6. The minimum atomic E-state index is 0.186. The minimum absolute atomic E-state index is 0.186. The van der Waals surface area contributed by atoms with Crippen LogP contribution in [0.5, 0.6) is 0 Å². The van der Waals surface area contributed by atoms with Gasteiger partial charge in [-0.1, -0.05) is 34.6 Å². The highest BCUT2D eigenvalue weighted by molar-refractivity contribution is 7.98. The third-order valence-corrected chi connectivity index (χ3v) is 3.91. The van der Waals surface area contributed by atoms with E-state index in [0.717, 1.165) is 11.4 Å². The predicted molar refractivity (Wildman–Crippen MR) is 89.1 cm³/mol. The number of rotatable bonds is 6. The van der Waals surface area contributed by atoms with E-state index >= 15 is 0 Å². The number of hydrogen-bond acceptors (Lipinski definition) is 8. The van der Waals surface area contributed by atoms with Crippen LogP contribution in [-0.4, -0.2) is 20.1 Å². The largest absolute Gasteiger partial charge is 0.378 e. The fourth-order valence-electron chi connectivity index (χ4n) is 1.79. The van der Waals surface area contributed by atoms with Crippen molar-refractivity contribution in [2.75, 3.05) is 11.1 Å². The van der Waals surface area contributed by atoms with Crippen molar-refractivity contribution in [3.63, 3.8) is 0 Å². The Labute approximate surface area is 141 Å². The summed E-state index contributed by atoms with van der Waals surface area (Å²) >= 11 is 7.37. The molecule has 0 fully saturated rings. The van der Waals surface area contributed by atoms with Gasteiger partial charge in [-0.3, -0.25) is 0 Å². The van der Waals surface area contributed by atoms with Gasteiger partial charge in [0, 0.05) is 22.5 Å². The number of thioether (sulfide) groups is 1. The maximum atomic E-state index is 5.95. The van der Waals surface area contributed by atoms with Crippen molar-refractivity contribution in [3.05, 3.63) is 53.1 Å².